The van der Waals surface area contributed by atoms with Crippen LogP contribution in [0.5, 0.6) is 0 Å². The molecular weight excluding hydrogens is 476 g/mol. The maximum atomic E-state index is 11.0. The largest absolute Gasteiger partial charge is 0.469 e. The smallest absolute Gasteiger partial charge is 0.305 e. The Balaban J connectivity index is 0.00000576. The molecule has 1 unspecified atom stereocenters. The van der Waals surface area contributed by atoms with Crippen molar-refractivity contribution in [3.63, 3.8) is 0 Å². The van der Waals surface area contributed by atoms with Gasteiger partial charge in [-0.05, 0) is 37.5 Å². The number of rotatable bonds is 9. The Bertz CT molecular complexity index is 571. The fourth-order valence-electron chi connectivity index (χ4n) is 2.23. The van der Waals surface area contributed by atoms with E-state index < -0.39 is 0 Å². The lowest BCUT2D eigenvalue weighted by Gasteiger charge is -2.16. The van der Waals surface area contributed by atoms with E-state index in [-0.39, 0.29) is 36.0 Å². The van der Waals surface area contributed by atoms with Crippen molar-refractivity contribution in [3.8, 4) is 0 Å². The van der Waals surface area contributed by atoms with Crippen LogP contribution < -0.4 is 11.1 Å². The molecule has 1 aromatic rings. The van der Waals surface area contributed by atoms with Gasteiger partial charge in [0.1, 0.15) is 0 Å². The predicted molar refractivity (Wildman–Crippen MR) is 115 cm³/mol. The van der Waals surface area contributed by atoms with Crippen LogP contribution in [-0.2, 0) is 9.53 Å². The minimum Gasteiger partial charge on any atom is -0.469 e. The number of nitrogens with two attached hydrogens (primary N) is 1. The standard InChI is InChI=1S/C17H25Cl2N3O2.HI/c1-12(14-9-8-13(18)11-15(14)19)22-17(20)21-10-6-4-3-5-7-16(23)24-2;/h8-9,11-12H,3-7,10H2,1-2H3,(H3,20,21,22);1H. The number of ether oxygens (including phenoxy) is 1. The van der Waals surface area contributed by atoms with Gasteiger partial charge in [0.15, 0.2) is 5.96 Å². The number of nitrogens with one attached hydrogen (secondary N) is 1. The maximum Gasteiger partial charge on any atom is 0.305 e. The third kappa shape index (κ3) is 10.1. The van der Waals surface area contributed by atoms with Gasteiger partial charge in [0.2, 0.25) is 0 Å². The fourth-order valence-corrected chi connectivity index (χ4v) is 2.81. The summed E-state index contributed by atoms with van der Waals surface area (Å²) in [7, 11) is 1.41. The molecule has 0 saturated carbocycles. The van der Waals surface area contributed by atoms with Crippen LogP contribution in [0.3, 0.4) is 0 Å². The average Bonchev–Trinajstić information content (AvgIpc) is 2.53. The van der Waals surface area contributed by atoms with Crippen molar-refractivity contribution < 1.29 is 9.53 Å². The first-order valence-electron chi connectivity index (χ1n) is 8.02. The minimum absolute atomic E-state index is 0. The van der Waals surface area contributed by atoms with E-state index in [1.54, 1.807) is 12.1 Å². The van der Waals surface area contributed by atoms with Crippen molar-refractivity contribution >= 4 is 59.1 Å². The van der Waals surface area contributed by atoms with Gasteiger partial charge in [0.25, 0.3) is 0 Å². The number of unbranched alkanes of at least 4 members (excludes halogenated alkanes) is 3. The topological polar surface area (TPSA) is 76.7 Å². The lowest BCUT2D eigenvalue weighted by atomic mass is 10.1. The SMILES string of the molecule is COC(=O)CCCCCCN=C(N)NC(C)c1ccc(Cl)cc1Cl.I. The number of carbonyl (C=O) groups excluding carboxylic acids is 1. The second-order valence-electron chi connectivity index (χ2n) is 5.54. The minimum atomic E-state index is -0.156. The number of esters is 1. The van der Waals surface area contributed by atoms with Gasteiger partial charge in [-0.1, -0.05) is 42.1 Å². The summed E-state index contributed by atoms with van der Waals surface area (Å²) in [4.78, 5) is 15.3. The zero-order chi connectivity index (χ0) is 17.9. The molecule has 3 N–H and O–H groups in total. The second-order valence-corrected chi connectivity index (χ2v) is 6.38. The summed E-state index contributed by atoms with van der Waals surface area (Å²) >= 11 is 12.1. The molecule has 0 aliphatic rings. The van der Waals surface area contributed by atoms with Crippen LogP contribution in [0.4, 0.5) is 0 Å². The highest BCUT2D eigenvalue weighted by molar-refractivity contribution is 14.0. The monoisotopic (exact) mass is 501 g/mol. The first-order chi connectivity index (χ1) is 11.4. The van der Waals surface area contributed by atoms with Gasteiger partial charge in [-0.25, -0.2) is 0 Å². The predicted octanol–water partition coefficient (Wildman–Crippen LogP) is 4.70. The van der Waals surface area contributed by atoms with Crippen molar-refractivity contribution in [1.29, 1.82) is 0 Å². The molecule has 1 atom stereocenters. The van der Waals surface area contributed by atoms with Crippen molar-refractivity contribution in [2.75, 3.05) is 13.7 Å². The van der Waals surface area contributed by atoms with E-state index in [4.69, 9.17) is 28.9 Å². The van der Waals surface area contributed by atoms with Crippen LogP contribution in [0.1, 0.15) is 50.6 Å². The van der Waals surface area contributed by atoms with Gasteiger partial charge in [-0.2, -0.15) is 0 Å². The molecule has 0 saturated heterocycles. The summed E-state index contributed by atoms with van der Waals surface area (Å²) in [6.07, 6.45) is 4.24. The lowest BCUT2D eigenvalue weighted by molar-refractivity contribution is -0.140. The summed E-state index contributed by atoms with van der Waals surface area (Å²) in [5, 5.41) is 4.32. The average molecular weight is 502 g/mol. The van der Waals surface area contributed by atoms with Crippen molar-refractivity contribution in [1.82, 2.24) is 5.32 Å². The van der Waals surface area contributed by atoms with E-state index in [1.165, 1.54) is 7.11 Å². The molecule has 0 bridgehead atoms. The molecule has 142 valence electrons. The number of hydrogen-bond acceptors (Lipinski definition) is 3. The van der Waals surface area contributed by atoms with Crippen molar-refractivity contribution in [3.05, 3.63) is 33.8 Å². The molecule has 0 spiro atoms. The van der Waals surface area contributed by atoms with Crippen LogP contribution in [0.2, 0.25) is 10.0 Å². The number of hydrogen-bond donors (Lipinski definition) is 2. The molecule has 1 aromatic carbocycles. The quantitative estimate of drug-likeness (QED) is 0.169. The highest BCUT2D eigenvalue weighted by Crippen LogP contribution is 2.25. The molecule has 0 aliphatic carbocycles. The van der Waals surface area contributed by atoms with Gasteiger partial charge in [0, 0.05) is 23.0 Å². The van der Waals surface area contributed by atoms with E-state index in [0.717, 1.165) is 31.2 Å². The number of nitrogens with zero attached hydrogens (tertiary/aromatic N) is 1. The molecule has 25 heavy (non-hydrogen) atoms. The molecule has 0 heterocycles. The molecule has 0 aromatic heterocycles. The van der Waals surface area contributed by atoms with Gasteiger partial charge in [0.05, 0.1) is 13.2 Å². The van der Waals surface area contributed by atoms with Crippen LogP contribution in [-0.4, -0.2) is 25.6 Å². The molecule has 5 nitrogen and oxygen atoms in total. The summed E-state index contributed by atoms with van der Waals surface area (Å²) in [6.45, 7) is 2.61. The number of aliphatic imine (C=N–C) groups is 1. The van der Waals surface area contributed by atoms with Crippen molar-refractivity contribution in [2.45, 2.75) is 45.1 Å². The Hall–Kier alpha value is -0.730. The number of halogens is 3. The normalized spacial score (nSPS) is 12.2. The summed E-state index contributed by atoms with van der Waals surface area (Å²) < 4.78 is 4.60. The van der Waals surface area contributed by atoms with Gasteiger partial charge in [-0.15, -0.1) is 24.0 Å². The van der Waals surface area contributed by atoms with E-state index in [9.17, 15) is 4.79 Å². The Morgan fingerprint density at radius 2 is 1.96 bits per heavy atom. The van der Waals surface area contributed by atoms with Crippen LogP contribution in [0.25, 0.3) is 0 Å². The lowest BCUT2D eigenvalue weighted by Crippen LogP contribution is -2.34. The van der Waals surface area contributed by atoms with Gasteiger partial charge < -0.3 is 15.8 Å². The summed E-state index contributed by atoms with van der Waals surface area (Å²) in [6, 6.07) is 5.32. The first-order valence-corrected chi connectivity index (χ1v) is 8.78. The maximum absolute atomic E-state index is 11.0. The van der Waals surface area contributed by atoms with Crippen LogP contribution >= 0.6 is 47.2 Å². The number of guanidine groups is 1. The highest BCUT2D eigenvalue weighted by Gasteiger charge is 2.10. The van der Waals surface area contributed by atoms with Crippen molar-refractivity contribution in [2.24, 2.45) is 10.7 Å². The molecule has 0 aliphatic heterocycles. The summed E-state index contributed by atoms with van der Waals surface area (Å²) in [5.41, 5.74) is 6.82. The van der Waals surface area contributed by atoms with E-state index in [1.807, 2.05) is 13.0 Å². The third-order valence-corrected chi connectivity index (χ3v) is 4.15. The highest BCUT2D eigenvalue weighted by atomic mass is 127. The van der Waals surface area contributed by atoms with Gasteiger partial charge >= 0.3 is 5.97 Å². The molecule has 8 heteroatoms. The molecular formula is C17H26Cl2IN3O2. The third-order valence-electron chi connectivity index (χ3n) is 3.59. The van der Waals surface area contributed by atoms with E-state index >= 15 is 0 Å². The fraction of sp³-hybridized carbons (Fsp3) is 0.529. The Kier molecular flexibility index (Phi) is 13.1. The molecule has 0 fully saturated rings. The zero-order valence-electron chi connectivity index (χ0n) is 14.6. The number of methoxy groups -OCH3 is 1. The van der Waals surface area contributed by atoms with Gasteiger partial charge in [-0.3, -0.25) is 9.79 Å². The zero-order valence-corrected chi connectivity index (χ0v) is 18.4. The molecule has 1 rings (SSSR count). The molecule has 0 amide bonds. The number of benzene rings is 1. The Labute approximate surface area is 176 Å². The Morgan fingerprint density at radius 1 is 1.28 bits per heavy atom. The number of carbonyl (C=O) groups is 1. The van der Waals surface area contributed by atoms with E-state index in [2.05, 4.69) is 15.0 Å². The van der Waals surface area contributed by atoms with E-state index in [0.29, 0.717) is 29.0 Å². The van der Waals surface area contributed by atoms with Crippen LogP contribution in [0, 0.1) is 0 Å². The summed E-state index contributed by atoms with van der Waals surface area (Å²) in [5.74, 6) is 0.236. The second kappa shape index (κ2) is 13.5. The first kappa shape index (κ1) is 24.3. The van der Waals surface area contributed by atoms with Crippen LogP contribution in [0.15, 0.2) is 23.2 Å². The molecule has 0 radical (unpaired) electrons. The Morgan fingerprint density at radius 3 is 2.60 bits per heavy atom.